The van der Waals surface area contributed by atoms with Gasteiger partial charge in [0.15, 0.2) is 0 Å². The number of aryl methyl sites for hydroxylation is 1. The standard InChI is InChI=1S/C19H22N2O3/c1-23-15-6-7-16-13(10-15)4-3-5-14(16)11-21-18-12-20-9-8-17(18)19(22)24-2/h6-10,12,14,21H,3-5,11H2,1-2H3/t14-/m0/s1. The molecule has 0 saturated carbocycles. The van der Waals surface area contributed by atoms with Crippen LogP contribution in [-0.2, 0) is 11.2 Å². The molecule has 0 fully saturated rings. The molecule has 2 aromatic rings. The number of nitrogens with zero attached hydrogens (tertiary/aromatic N) is 1. The van der Waals surface area contributed by atoms with Crippen molar-refractivity contribution in [2.24, 2.45) is 0 Å². The molecule has 0 aliphatic heterocycles. The molecule has 5 heteroatoms. The number of nitrogens with one attached hydrogen (secondary N) is 1. The number of benzene rings is 1. The summed E-state index contributed by atoms with van der Waals surface area (Å²) in [5.74, 6) is 0.960. The van der Waals surface area contributed by atoms with Crippen LogP contribution < -0.4 is 10.1 Å². The molecule has 1 aliphatic carbocycles. The zero-order chi connectivity index (χ0) is 16.9. The summed E-state index contributed by atoms with van der Waals surface area (Å²) in [4.78, 5) is 16.0. The fourth-order valence-corrected chi connectivity index (χ4v) is 3.29. The molecular formula is C19H22N2O3. The Hall–Kier alpha value is -2.56. The Morgan fingerprint density at radius 3 is 3.00 bits per heavy atom. The first-order valence-corrected chi connectivity index (χ1v) is 8.16. The summed E-state index contributed by atoms with van der Waals surface area (Å²) >= 11 is 0. The van der Waals surface area contributed by atoms with Crippen molar-refractivity contribution in [3.8, 4) is 5.75 Å². The highest BCUT2D eigenvalue weighted by Gasteiger charge is 2.21. The van der Waals surface area contributed by atoms with Crippen LogP contribution in [0.5, 0.6) is 5.75 Å². The Kier molecular flexibility index (Phi) is 4.99. The average molecular weight is 326 g/mol. The van der Waals surface area contributed by atoms with E-state index in [0.717, 1.165) is 31.6 Å². The Balaban J connectivity index is 1.76. The van der Waals surface area contributed by atoms with Gasteiger partial charge in [-0.2, -0.15) is 0 Å². The lowest BCUT2D eigenvalue weighted by Crippen LogP contribution is -2.19. The third-order valence-corrected chi connectivity index (χ3v) is 4.55. The molecule has 126 valence electrons. The summed E-state index contributed by atoms with van der Waals surface area (Å²) in [5, 5.41) is 3.37. The van der Waals surface area contributed by atoms with E-state index in [1.54, 1.807) is 25.6 Å². The summed E-state index contributed by atoms with van der Waals surface area (Å²) in [5.41, 5.74) is 3.94. The number of esters is 1. The Labute approximate surface area is 142 Å². The van der Waals surface area contributed by atoms with E-state index in [1.165, 1.54) is 18.2 Å². The summed E-state index contributed by atoms with van der Waals surface area (Å²) < 4.78 is 10.2. The van der Waals surface area contributed by atoms with Gasteiger partial charge in [0.2, 0.25) is 0 Å². The average Bonchev–Trinajstić information content (AvgIpc) is 2.65. The van der Waals surface area contributed by atoms with Gasteiger partial charge in [0.1, 0.15) is 5.75 Å². The first-order chi connectivity index (χ1) is 11.7. The van der Waals surface area contributed by atoms with E-state index in [9.17, 15) is 4.79 Å². The molecule has 24 heavy (non-hydrogen) atoms. The number of anilines is 1. The number of aromatic nitrogens is 1. The van der Waals surface area contributed by atoms with E-state index >= 15 is 0 Å². The molecule has 1 aromatic heterocycles. The number of carbonyl (C=O) groups excluding carboxylic acids is 1. The lowest BCUT2D eigenvalue weighted by Gasteiger charge is -2.26. The number of hydrogen-bond donors (Lipinski definition) is 1. The Bertz CT molecular complexity index is 730. The van der Waals surface area contributed by atoms with Gasteiger partial charge in [-0.15, -0.1) is 0 Å². The monoisotopic (exact) mass is 326 g/mol. The minimum absolute atomic E-state index is 0.353. The predicted octanol–water partition coefficient (Wildman–Crippen LogP) is 3.41. The van der Waals surface area contributed by atoms with Crippen LogP contribution in [0.25, 0.3) is 0 Å². The number of fused-ring (bicyclic) bond motifs is 1. The predicted molar refractivity (Wildman–Crippen MR) is 92.7 cm³/mol. The smallest absolute Gasteiger partial charge is 0.340 e. The second-order valence-electron chi connectivity index (χ2n) is 5.95. The van der Waals surface area contributed by atoms with E-state index in [2.05, 4.69) is 22.4 Å². The number of rotatable bonds is 5. The van der Waals surface area contributed by atoms with Crippen molar-refractivity contribution in [2.75, 3.05) is 26.1 Å². The number of pyridine rings is 1. The third-order valence-electron chi connectivity index (χ3n) is 4.55. The van der Waals surface area contributed by atoms with Crippen molar-refractivity contribution in [3.63, 3.8) is 0 Å². The minimum Gasteiger partial charge on any atom is -0.497 e. The maximum atomic E-state index is 11.9. The van der Waals surface area contributed by atoms with Gasteiger partial charge in [0, 0.05) is 18.7 Å². The maximum Gasteiger partial charge on any atom is 0.340 e. The molecule has 5 nitrogen and oxygen atoms in total. The van der Waals surface area contributed by atoms with Gasteiger partial charge in [0.25, 0.3) is 0 Å². The zero-order valence-corrected chi connectivity index (χ0v) is 14.0. The Morgan fingerprint density at radius 2 is 2.21 bits per heavy atom. The fraction of sp³-hybridized carbons (Fsp3) is 0.368. The highest BCUT2D eigenvalue weighted by molar-refractivity contribution is 5.95. The maximum absolute atomic E-state index is 11.9. The lowest BCUT2D eigenvalue weighted by molar-refractivity contribution is 0.0601. The summed E-state index contributed by atoms with van der Waals surface area (Å²) in [6, 6.07) is 7.98. The number of hydrogen-bond acceptors (Lipinski definition) is 5. The lowest BCUT2D eigenvalue weighted by atomic mass is 9.82. The number of ether oxygens (including phenoxy) is 2. The molecular weight excluding hydrogens is 304 g/mol. The number of methoxy groups -OCH3 is 2. The van der Waals surface area contributed by atoms with Crippen LogP contribution in [-0.4, -0.2) is 31.7 Å². The summed E-state index contributed by atoms with van der Waals surface area (Å²) in [7, 11) is 3.08. The second kappa shape index (κ2) is 7.34. The topological polar surface area (TPSA) is 60.5 Å². The van der Waals surface area contributed by atoms with Crippen molar-refractivity contribution in [3.05, 3.63) is 53.3 Å². The molecule has 0 amide bonds. The van der Waals surface area contributed by atoms with Gasteiger partial charge in [-0.1, -0.05) is 6.07 Å². The third kappa shape index (κ3) is 3.35. The van der Waals surface area contributed by atoms with E-state index in [1.807, 2.05) is 6.07 Å². The molecule has 0 saturated heterocycles. The normalized spacial score (nSPS) is 16.2. The Morgan fingerprint density at radius 1 is 1.33 bits per heavy atom. The van der Waals surface area contributed by atoms with Gasteiger partial charge in [0.05, 0.1) is 31.7 Å². The minimum atomic E-state index is -0.353. The molecule has 1 aromatic carbocycles. The fourth-order valence-electron chi connectivity index (χ4n) is 3.29. The molecule has 0 bridgehead atoms. The van der Waals surface area contributed by atoms with Crippen LogP contribution >= 0.6 is 0 Å². The molecule has 1 heterocycles. The van der Waals surface area contributed by atoms with E-state index in [-0.39, 0.29) is 5.97 Å². The highest BCUT2D eigenvalue weighted by atomic mass is 16.5. The first-order valence-electron chi connectivity index (χ1n) is 8.16. The van der Waals surface area contributed by atoms with Crippen LogP contribution in [0.15, 0.2) is 36.7 Å². The van der Waals surface area contributed by atoms with E-state index in [0.29, 0.717) is 17.2 Å². The largest absolute Gasteiger partial charge is 0.497 e. The highest BCUT2D eigenvalue weighted by Crippen LogP contribution is 2.34. The molecule has 0 spiro atoms. The molecule has 1 N–H and O–H groups in total. The van der Waals surface area contributed by atoms with Crippen molar-refractivity contribution in [1.29, 1.82) is 0 Å². The van der Waals surface area contributed by atoms with Gasteiger partial charge in [-0.25, -0.2) is 4.79 Å². The van der Waals surface area contributed by atoms with Crippen molar-refractivity contribution in [1.82, 2.24) is 4.98 Å². The SMILES string of the molecule is COC(=O)c1ccncc1NC[C@@H]1CCCc2cc(OC)ccc21. The van der Waals surface area contributed by atoms with Gasteiger partial charge in [-0.3, -0.25) is 4.98 Å². The van der Waals surface area contributed by atoms with Crippen molar-refractivity contribution < 1.29 is 14.3 Å². The first kappa shape index (κ1) is 16.3. The summed E-state index contributed by atoms with van der Waals surface area (Å²) in [6.07, 6.45) is 6.64. The molecule has 0 radical (unpaired) electrons. The zero-order valence-electron chi connectivity index (χ0n) is 14.0. The van der Waals surface area contributed by atoms with Crippen molar-refractivity contribution in [2.45, 2.75) is 25.2 Å². The quantitative estimate of drug-likeness (QED) is 0.853. The molecule has 1 aliphatic rings. The van der Waals surface area contributed by atoms with Crippen LogP contribution in [0.3, 0.4) is 0 Å². The van der Waals surface area contributed by atoms with Crippen LogP contribution in [0, 0.1) is 0 Å². The van der Waals surface area contributed by atoms with Gasteiger partial charge in [-0.05, 0) is 48.6 Å². The van der Waals surface area contributed by atoms with Crippen LogP contribution in [0.1, 0.15) is 40.2 Å². The molecule has 0 unspecified atom stereocenters. The van der Waals surface area contributed by atoms with Gasteiger partial charge >= 0.3 is 5.97 Å². The van der Waals surface area contributed by atoms with E-state index in [4.69, 9.17) is 9.47 Å². The van der Waals surface area contributed by atoms with Crippen LogP contribution in [0.4, 0.5) is 5.69 Å². The molecule has 3 rings (SSSR count). The summed E-state index contributed by atoms with van der Waals surface area (Å²) in [6.45, 7) is 0.759. The van der Waals surface area contributed by atoms with E-state index < -0.39 is 0 Å². The van der Waals surface area contributed by atoms with Crippen LogP contribution in [0.2, 0.25) is 0 Å². The molecule has 1 atom stereocenters. The number of carbonyl (C=O) groups is 1. The second-order valence-corrected chi connectivity index (χ2v) is 5.95. The van der Waals surface area contributed by atoms with Gasteiger partial charge < -0.3 is 14.8 Å². The van der Waals surface area contributed by atoms with Crippen molar-refractivity contribution >= 4 is 11.7 Å².